The van der Waals surface area contributed by atoms with E-state index in [1.54, 1.807) is 0 Å². The summed E-state index contributed by atoms with van der Waals surface area (Å²) in [5.74, 6) is 0. The zero-order chi connectivity index (χ0) is 32.2. The van der Waals surface area contributed by atoms with Crippen molar-refractivity contribution in [2.24, 2.45) is 0 Å². The molecule has 0 bridgehead atoms. The first kappa shape index (κ1) is 28.2. The number of nitrogens with one attached hydrogen (secondary N) is 1. The molecule has 0 amide bonds. The van der Waals surface area contributed by atoms with Crippen molar-refractivity contribution in [1.82, 2.24) is 0 Å². The Hall–Kier alpha value is -6.06. The topological polar surface area (TPSA) is 28.4 Å². The van der Waals surface area contributed by atoms with E-state index in [0.717, 1.165) is 39.0 Å². The van der Waals surface area contributed by atoms with Gasteiger partial charge in [0.2, 0.25) is 0 Å². The number of para-hydroxylation sites is 3. The number of hydrogen-bond acceptors (Lipinski definition) is 3. The van der Waals surface area contributed by atoms with Crippen molar-refractivity contribution in [2.75, 3.05) is 10.2 Å². The van der Waals surface area contributed by atoms with Crippen LogP contribution in [0.4, 0.5) is 28.4 Å². The fourth-order valence-electron chi connectivity index (χ4n) is 7.38. The number of fused-ring (bicyclic) bond motifs is 5. The fourth-order valence-corrected chi connectivity index (χ4v) is 7.38. The largest absolute Gasteiger partial charge is 0.456 e. The number of benzene rings is 7. The lowest BCUT2D eigenvalue weighted by Gasteiger charge is -2.42. The highest BCUT2D eigenvalue weighted by Gasteiger charge is 2.37. The molecule has 1 aliphatic heterocycles. The van der Waals surface area contributed by atoms with Gasteiger partial charge in [0.15, 0.2) is 0 Å². The molecule has 9 rings (SSSR count). The quantitative estimate of drug-likeness (QED) is 0.208. The highest BCUT2D eigenvalue weighted by Crippen LogP contribution is 2.53. The van der Waals surface area contributed by atoms with Gasteiger partial charge in [-0.1, -0.05) is 111 Å². The van der Waals surface area contributed by atoms with Crippen LogP contribution in [0.2, 0.25) is 0 Å². The van der Waals surface area contributed by atoms with Gasteiger partial charge in [0.1, 0.15) is 11.2 Å². The molecule has 3 heteroatoms. The standard InChI is InChI=1S/C45H34N2O/c1-45(2)38-18-10-11-19-41(38)47(34-23-26-44-37(29-34)35-17-9-12-20-43(35)48-44)42-25-22-32(28-39(42)45)31-21-24-40(46-33-15-7-4-8-16-33)36(27-31)30-13-5-3-6-14-30/h3-29,46H,1-2H3. The maximum Gasteiger partial charge on any atom is 0.135 e. The van der Waals surface area contributed by atoms with E-state index >= 15 is 0 Å². The lowest BCUT2D eigenvalue weighted by Crippen LogP contribution is -2.30. The number of hydrogen-bond donors (Lipinski definition) is 1. The molecular weight excluding hydrogens is 585 g/mol. The minimum atomic E-state index is -0.206. The molecule has 1 aliphatic rings. The van der Waals surface area contributed by atoms with Gasteiger partial charge in [-0.3, -0.25) is 0 Å². The van der Waals surface area contributed by atoms with Crippen LogP contribution in [0.15, 0.2) is 168 Å². The van der Waals surface area contributed by atoms with Gasteiger partial charge in [0.05, 0.1) is 11.4 Å². The zero-order valence-electron chi connectivity index (χ0n) is 26.9. The van der Waals surface area contributed by atoms with E-state index in [4.69, 9.17) is 4.42 Å². The van der Waals surface area contributed by atoms with Crippen molar-refractivity contribution in [3.05, 3.63) is 175 Å². The molecule has 0 radical (unpaired) electrons. The van der Waals surface area contributed by atoms with Crippen molar-refractivity contribution in [3.8, 4) is 22.3 Å². The molecule has 2 heterocycles. The molecule has 0 atom stereocenters. The fraction of sp³-hybridized carbons (Fsp3) is 0.0667. The Morgan fingerprint density at radius 3 is 2.02 bits per heavy atom. The summed E-state index contributed by atoms with van der Waals surface area (Å²) < 4.78 is 6.19. The Balaban J connectivity index is 1.19. The summed E-state index contributed by atoms with van der Waals surface area (Å²) in [6.07, 6.45) is 0. The van der Waals surface area contributed by atoms with Crippen LogP contribution in [0.3, 0.4) is 0 Å². The SMILES string of the molecule is CC1(C)c2ccccc2N(c2ccc3oc4ccccc4c3c2)c2ccc(-c3ccc(Nc4ccccc4)c(-c4ccccc4)c3)cc21. The van der Waals surface area contributed by atoms with Crippen molar-refractivity contribution in [1.29, 1.82) is 0 Å². The number of furan rings is 1. The molecule has 1 aromatic heterocycles. The van der Waals surface area contributed by atoms with Crippen LogP contribution in [0.1, 0.15) is 25.0 Å². The van der Waals surface area contributed by atoms with E-state index in [0.29, 0.717) is 0 Å². The summed E-state index contributed by atoms with van der Waals surface area (Å²) in [6, 6.07) is 58.4. The average molecular weight is 619 g/mol. The maximum atomic E-state index is 6.19. The molecule has 0 saturated carbocycles. The Labute approximate surface area is 280 Å². The third kappa shape index (κ3) is 4.58. The van der Waals surface area contributed by atoms with Gasteiger partial charge < -0.3 is 14.6 Å². The number of anilines is 5. The molecule has 0 aliphatic carbocycles. The van der Waals surface area contributed by atoms with Gasteiger partial charge in [-0.25, -0.2) is 0 Å². The molecular formula is C45H34N2O. The Kier molecular flexibility index (Phi) is 6.48. The van der Waals surface area contributed by atoms with Gasteiger partial charge in [0.25, 0.3) is 0 Å². The molecule has 0 fully saturated rings. The first-order valence-electron chi connectivity index (χ1n) is 16.5. The molecule has 8 aromatic rings. The van der Waals surface area contributed by atoms with E-state index in [2.05, 4.69) is 170 Å². The monoisotopic (exact) mass is 618 g/mol. The van der Waals surface area contributed by atoms with E-state index in [9.17, 15) is 0 Å². The summed E-state index contributed by atoms with van der Waals surface area (Å²) in [6.45, 7) is 4.70. The summed E-state index contributed by atoms with van der Waals surface area (Å²) in [4.78, 5) is 2.42. The summed E-state index contributed by atoms with van der Waals surface area (Å²) >= 11 is 0. The molecule has 7 aromatic carbocycles. The van der Waals surface area contributed by atoms with Gasteiger partial charge in [-0.2, -0.15) is 0 Å². The second kappa shape index (κ2) is 11.0. The predicted octanol–water partition coefficient (Wildman–Crippen LogP) is 12.8. The second-order valence-electron chi connectivity index (χ2n) is 13.1. The average Bonchev–Trinajstić information content (AvgIpc) is 3.51. The Morgan fingerprint density at radius 1 is 0.500 bits per heavy atom. The molecule has 3 nitrogen and oxygen atoms in total. The summed E-state index contributed by atoms with van der Waals surface area (Å²) in [7, 11) is 0. The number of nitrogens with zero attached hydrogens (tertiary/aromatic N) is 1. The van der Waals surface area contributed by atoms with Crippen LogP contribution < -0.4 is 10.2 Å². The van der Waals surface area contributed by atoms with Crippen molar-refractivity contribution in [2.45, 2.75) is 19.3 Å². The van der Waals surface area contributed by atoms with E-state index < -0.39 is 0 Å². The normalized spacial score (nSPS) is 13.3. The summed E-state index contributed by atoms with van der Waals surface area (Å²) in [5, 5.41) is 5.92. The Morgan fingerprint density at radius 2 is 1.17 bits per heavy atom. The van der Waals surface area contributed by atoms with Crippen LogP contribution in [-0.4, -0.2) is 0 Å². The van der Waals surface area contributed by atoms with Gasteiger partial charge >= 0.3 is 0 Å². The predicted molar refractivity (Wildman–Crippen MR) is 201 cm³/mol. The van der Waals surface area contributed by atoms with Crippen LogP contribution in [0.25, 0.3) is 44.2 Å². The van der Waals surface area contributed by atoms with Crippen LogP contribution >= 0.6 is 0 Å². The molecule has 48 heavy (non-hydrogen) atoms. The zero-order valence-corrected chi connectivity index (χ0v) is 26.9. The molecule has 0 saturated heterocycles. The van der Waals surface area contributed by atoms with Crippen molar-refractivity contribution < 1.29 is 4.42 Å². The molecule has 0 unspecified atom stereocenters. The maximum absolute atomic E-state index is 6.19. The second-order valence-corrected chi connectivity index (χ2v) is 13.1. The van der Waals surface area contributed by atoms with Gasteiger partial charge in [-0.05, 0) is 94.5 Å². The smallest absolute Gasteiger partial charge is 0.135 e. The third-order valence-corrected chi connectivity index (χ3v) is 9.84. The van der Waals surface area contributed by atoms with Gasteiger partial charge in [-0.15, -0.1) is 0 Å². The lowest BCUT2D eigenvalue weighted by atomic mass is 9.73. The third-order valence-electron chi connectivity index (χ3n) is 9.84. The lowest BCUT2D eigenvalue weighted by molar-refractivity contribution is 0.632. The van der Waals surface area contributed by atoms with Crippen LogP contribution in [0, 0.1) is 0 Å². The highest BCUT2D eigenvalue weighted by atomic mass is 16.3. The first-order chi connectivity index (χ1) is 23.5. The van der Waals surface area contributed by atoms with E-state index in [1.165, 1.54) is 44.8 Å². The van der Waals surface area contributed by atoms with Crippen molar-refractivity contribution >= 4 is 50.4 Å². The van der Waals surface area contributed by atoms with Gasteiger partial charge in [0, 0.05) is 38.8 Å². The van der Waals surface area contributed by atoms with Crippen molar-refractivity contribution in [3.63, 3.8) is 0 Å². The summed E-state index contributed by atoms with van der Waals surface area (Å²) in [5.41, 5.74) is 14.6. The van der Waals surface area contributed by atoms with Crippen LogP contribution in [0.5, 0.6) is 0 Å². The van der Waals surface area contributed by atoms with E-state index in [-0.39, 0.29) is 5.41 Å². The first-order valence-corrected chi connectivity index (χ1v) is 16.5. The Bertz CT molecular complexity index is 2460. The highest BCUT2D eigenvalue weighted by molar-refractivity contribution is 6.07. The minimum absolute atomic E-state index is 0.206. The number of rotatable bonds is 5. The molecule has 1 N–H and O–H groups in total. The molecule has 0 spiro atoms. The molecule has 230 valence electrons. The minimum Gasteiger partial charge on any atom is -0.456 e. The van der Waals surface area contributed by atoms with E-state index in [1.807, 2.05) is 18.2 Å². The van der Waals surface area contributed by atoms with Crippen LogP contribution in [-0.2, 0) is 5.41 Å².